The standard InChI is InChI=1S/C7H10N2O2S/c1-5-7(8)3-2-6(9-5)4-12(10)11/h2-3H,4,8H2,1H3,(H,10,11)/p-1. The fourth-order valence-electron chi connectivity index (χ4n) is 0.825. The number of nitrogens with two attached hydrogens (primary N) is 1. The summed E-state index contributed by atoms with van der Waals surface area (Å²) in [6, 6.07) is 3.27. The highest BCUT2D eigenvalue weighted by Gasteiger charge is 1.97. The molecule has 5 heteroatoms. The van der Waals surface area contributed by atoms with Crippen molar-refractivity contribution in [3.05, 3.63) is 23.5 Å². The molecule has 0 aromatic carbocycles. The Bertz CT molecular complexity index is 314. The number of aryl methyl sites for hydroxylation is 1. The van der Waals surface area contributed by atoms with Crippen LogP contribution in [0.25, 0.3) is 0 Å². The summed E-state index contributed by atoms with van der Waals surface area (Å²) in [6.45, 7) is 1.74. The molecule has 0 fully saturated rings. The van der Waals surface area contributed by atoms with Crippen LogP contribution in [0.3, 0.4) is 0 Å². The molecule has 12 heavy (non-hydrogen) atoms. The molecule has 0 aliphatic heterocycles. The fraction of sp³-hybridized carbons (Fsp3) is 0.286. The summed E-state index contributed by atoms with van der Waals surface area (Å²) in [7, 11) is 0. The molecule has 0 amide bonds. The van der Waals surface area contributed by atoms with Crippen molar-refractivity contribution < 1.29 is 8.76 Å². The molecule has 4 nitrogen and oxygen atoms in total. The number of nitrogens with zero attached hydrogens (tertiary/aromatic N) is 1. The zero-order chi connectivity index (χ0) is 9.14. The molecular formula is C7H9N2O2S-. The van der Waals surface area contributed by atoms with Crippen molar-refractivity contribution in [2.45, 2.75) is 12.7 Å². The molecule has 1 heterocycles. The number of rotatable bonds is 2. The van der Waals surface area contributed by atoms with E-state index in [1.807, 2.05) is 0 Å². The van der Waals surface area contributed by atoms with E-state index in [0.29, 0.717) is 17.1 Å². The molecule has 0 bridgehead atoms. The molecular weight excluding hydrogens is 176 g/mol. The van der Waals surface area contributed by atoms with Gasteiger partial charge in [-0.25, -0.2) is 0 Å². The second kappa shape index (κ2) is 3.64. The van der Waals surface area contributed by atoms with Crippen molar-refractivity contribution in [2.75, 3.05) is 5.73 Å². The Morgan fingerprint density at radius 3 is 2.83 bits per heavy atom. The molecule has 1 aromatic rings. The van der Waals surface area contributed by atoms with Gasteiger partial charge in [-0.1, -0.05) is 0 Å². The molecule has 1 atom stereocenters. The predicted octanol–water partition coefficient (Wildman–Crippen LogP) is 0.351. The van der Waals surface area contributed by atoms with E-state index in [4.69, 9.17) is 5.73 Å². The van der Waals surface area contributed by atoms with Gasteiger partial charge >= 0.3 is 0 Å². The van der Waals surface area contributed by atoms with E-state index in [-0.39, 0.29) is 5.75 Å². The van der Waals surface area contributed by atoms with E-state index in [1.54, 1.807) is 19.1 Å². The largest absolute Gasteiger partial charge is 0.772 e. The molecule has 66 valence electrons. The highest BCUT2D eigenvalue weighted by molar-refractivity contribution is 7.78. The van der Waals surface area contributed by atoms with Gasteiger partial charge in [0.05, 0.1) is 22.8 Å². The van der Waals surface area contributed by atoms with Crippen LogP contribution >= 0.6 is 0 Å². The minimum Gasteiger partial charge on any atom is -0.772 e. The van der Waals surface area contributed by atoms with Crippen LogP contribution in [-0.2, 0) is 16.8 Å². The number of anilines is 1. The minimum absolute atomic E-state index is 0.0544. The van der Waals surface area contributed by atoms with E-state index in [2.05, 4.69) is 4.98 Å². The summed E-state index contributed by atoms with van der Waals surface area (Å²) in [4.78, 5) is 3.99. The molecule has 0 spiro atoms. The molecule has 2 N–H and O–H groups in total. The second-order valence-corrected chi connectivity index (χ2v) is 3.32. The third-order valence-electron chi connectivity index (χ3n) is 1.45. The fourth-order valence-corrected chi connectivity index (χ4v) is 1.23. The number of hydrogen-bond donors (Lipinski definition) is 1. The zero-order valence-electron chi connectivity index (χ0n) is 6.61. The SMILES string of the molecule is Cc1nc(CS(=O)[O-])ccc1N. The molecule has 0 radical (unpaired) electrons. The maximum atomic E-state index is 10.3. The average Bonchev–Trinajstić information content (AvgIpc) is 1.96. The molecule has 1 aromatic heterocycles. The summed E-state index contributed by atoms with van der Waals surface area (Å²) in [5.41, 5.74) is 7.27. The molecule has 0 aliphatic carbocycles. The van der Waals surface area contributed by atoms with E-state index in [0.717, 1.165) is 0 Å². The maximum Gasteiger partial charge on any atom is 0.0605 e. The van der Waals surface area contributed by atoms with Crippen LogP contribution < -0.4 is 5.73 Å². The lowest BCUT2D eigenvalue weighted by molar-refractivity contribution is 0.535. The Kier molecular flexibility index (Phi) is 2.78. The lowest BCUT2D eigenvalue weighted by atomic mass is 10.3. The Morgan fingerprint density at radius 1 is 1.67 bits per heavy atom. The quantitative estimate of drug-likeness (QED) is 0.674. The number of aromatic nitrogens is 1. The first-order valence-corrected chi connectivity index (χ1v) is 4.62. The second-order valence-electron chi connectivity index (χ2n) is 2.43. The van der Waals surface area contributed by atoms with Gasteiger partial charge in [0, 0.05) is 0 Å². The van der Waals surface area contributed by atoms with Crippen LogP contribution in [-0.4, -0.2) is 13.7 Å². The summed E-state index contributed by atoms with van der Waals surface area (Å²) >= 11 is -2.08. The molecule has 0 aliphatic rings. The summed E-state index contributed by atoms with van der Waals surface area (Å²) in [6.07, 6.45) is 0. The lowest BCUT2D eigenvalue weighted by Crippen LogP contribution is -2.00. The van der Waals surface area contributed by atoms with E-state index in [9.17, 15) is 8.76 Å². The third kappa shape index (κ3) is 2.28. The van der Waals surface area contributed by atoms with Gasteiger partial charge < -0.3 is 10.3 Å². The van der Waals surface area contributed by atoms with Crippen molar-refractivity contribution in [3.63, 3.8) is 0 Å². The van der Waals surface area contributed by atoms with Crippen molar-refractivity contribution in [1.29, 1.82) is 0 Å². The van der Waals surface area contributed by atoms with Crippen molar-refractivity contribution >= 4 is 16.8 Å². The number of pyridine rings is 1. The summed E-state index contributed by atoms with van der Waals surface area (Å²) < 4.78 is 20.6. The smallest absolute Gasteiger partial charge is 0.0605 e. The van der Waals surface area contributed by atoms with Gasteiger partial charge in [0.25, 0.3) is 0 Å². The van der Waals surface area contributed by atoms with Crippen LogP contribution in [0.4, 0.5) is 5.69 Å². The predicted molar refractivity (Wildman–Crippen MR) is 46.0 cm³/mol. The molecule has 0 saturated heterocycles. The molecule has 1 unspecified atom stereocenters. The van der Waals surface area contributed by atoms with Crippen molar-refractivity contribution in [2.24, 2.45) is 0 Å². The van der Waals surface area contributed by atoms with Gasteiger partial charge in [-0.05, 0) is 30.1 Å². The van der Waals surface area contributed by atoms with Gasteiger partial charge in [-0.3, -0.25) is 9.19 Å². The van der Waals surface area contributed by atoms with Gasteiger partial charge in [0.1, 0.15) is 0 Å². The molecule has 1 rings (SSSR count). The van der Waals surface area contributed by atoms with Crippen LogP contribution in [0.1, 0.15) is 11.4 Å². The maximum absolute atomic E-state index is 10.3. The average molecular weight is 185 g/mol. The van der Waals surface area contributed by atoms with Crippen LogP contribution in [0.5, 0.6) is 0 Å². The van der Waals surface area contributed by atoms with Gasteiger partial charge in [-0.2, -0.15) is 0 Å². The normalized spacial score (nSPS) is 12.8. The Morgan fingerprint density at radius 2 is 2.33 bits per heavy atom. The highest BCUT2D eigenvalue weighted by Crippen LogP contribution is 2.08. The lowest BCUT2D eigenvalue weighted by Gasteiger charge is -2.05. The van der Waals surface area contributed by atoms with Crippen molar-refractivity contribution in [3.8, 4) is 0 Å². The van der Waals surface area contributed by atoms with E-state index < -0.39 is 11.1 Å². The van der Waals surface area contributed by atoms with Crippen molar-refractivity contribution in [1.82, 2.24) is 4.98 Å². The van der Waals surface area contributed by atoms with Gasteiger partial charge in [0.2, 0.25) is 0 Å². The Labute approximate surface area is 73.1 Å². The monoisotopic (exact) mass is 185 g/mol. The Balaban J connectivity index is 2.89. The zero-order valence-corrected chi connectivity index (χ0v) is 7.43. The van der Waals surface area contributed by atoms with Crippen LogP contribution in [0, 0.1) is 6.92 Å². The van der Waals surface area contributed by atoms with Gasteiger partial charge in [0.15, 0.2) is 0 Å². The first-order valence-electron chi connectivity index (χ1n) is 3.37. The minimum atomic E-state index is -2.08. The highest BCUT2D eigenvalue weighted by atomic mass is 32.2. The van der Waals surface area contributed by atoms with Gasteiger partial charge in [-0.15, -0.1) is 0 Å². The number of hydrogen-bond acceptors (Lipinski definition) is 4. The van der Waals surface area contributed by atoms with E-state index in [1.165, 1.54) is 0 Å². The summed E-state index contributed by atoms with van der Waals surface area (Å²) in [5.74, 6) is -0.0544. The number of nitrogen functional groups attached to an aromatic ring is 1. The molecule has 0 saturated carbocycles. The first-order chi connectivity index (χ1) is 5.59. The topological polar surface area (TPSA) is 79.0 Å². The first kappa shape index (κ1) is 9.15. The van der Waals surface area contributed by atoms with Crippen LogP contribution in [0.2, 0.25) is 0 Å². The van der Waals surface area contributed by atoms with Crippen LogP contribution in [0.15, 0.2) is 12.1 Å². The summed E-state index contributed by atoms with van der Waals surface area (Å²) in [5, 5.41) is 0. The third-order valence-corrected chi connectivity index (χ3v) is 1.98. The Hall–Kier alpha value is -0.940. The van der Waals surface area contributed by atoms with E-state index >= 15 is 0 Å².